The Bertz CT molecular complexity index is 1860. The Kier molecular flexibility index (Phi) is 8.87. The van der Waals surface area contributed by atoms with Crippen molar-refractivity contribution in [2.45, 2.75) is 32.7 Å². The molecule has 46 heavy (non-hydrogen) atoms. The molecule has 8 heteroatoms. The lowest BCUT2D eigenvalue weighted by atomic mass is 9.95. The zero-order valence-electron chi connectivity index (χ0n) is 25.5. The lowest BCUT2D eigenvalue weighted by Crippen LogP contribution is -2.29. The summed E-state index contributed by atoms with van der Waals surface area (Å²) in [6.07, 6.45) is 1.51. The molecule has 232 valence electrons. The van der Waals surface area contributed by atoms with E-state index in [0.717, 1.165) is 16.7 Å². The number of amides is 1. The highest BCUT2D eigenvalue weighted by Gasteiger charge is 2.46. The van der Waals surface area contributed by atoms with Crippen LogP contribution in [0.1, 0.15) is 39.6 Å². The summed E-state index contributed by atoms with van der Waals surface area (Å²) < 4.78 is 23.1. The second-order valence-corrected chi connectivity index (χ2v) is 11.0. The number of nitrogens with zero attached hydrogens (tertiary/aromatic N) is 1. The van der Waals surface area contributed by atoms with Crippen molar-refractivity contribution in [3.05, 3.63) is 155 Å². The minimum Gasteiger partial charge on any atom is -0.507 e. The third-order valence-electron chi connectivity index (χ3n) is 7.80. The van der Waals surface area contributed by atoms with E-state index >= 15 is 0 Å². The molecular weight excluding hydrogens is 582 g/mol. The van der Waals surface area contributed by atoms with Crippen molar-refractivity contribution in [2.24, 2.45) is 0 Å². The van der Waals surface area contributed by atoms with Gasteiger partial charge in [0.1, 0.15) is 30.5 Å². The van der Waals surface area contributed by atoms with Gasteiger partial charge in [-0.1, -0.05) is 66.2 Å². The molecule has 1 amide bonds. The lowest BCUT2D eigenvalue weighted by molar-refractivity contribution is -0.140. The number of ether oxygens (including phenoxy) is 3. The Balaban J connectivity index is 1.32. The summed E-state index contributed by atoms with van der Waals surface area (Å²) in [5.41, 5.74) is 4.08. The van der Waals surface area contributed by atoms with Gasteiger partial charge in [0.2, 0.25) is 0 Å². The zero-order chi connectivity index (χ0) is 32.0. The first-order chi connectivity index (χ1) is 22.4. The van der Waals surface area contributed by atoms with Crippen molar-refractivity contribution >= 4 is 17.4 Å². The van der Waals surface area contributed by atoms with Gasteiger partial charge in [-0.25, -0.2) is 0 Å². The Morgan fingerprint density at radius 2 is 1.57 bits per heavy atom. The predicted molar refractivity (Wildman–Crippen MR) is 172 cm³/mol. The molecule has 0 radical (unpaired) electrons. The van der Waals surface area contributed by atoms with Crippen LogP contribution in [0.2, 0.25) is 0 Å². The van der Waals surface area contributed by atoms with E-state index in [1.807, 2.05) is 55.5 Å². The topological polar surface area (TPSA) is 98.4 Å². The van der Waals surface area contributed by atoms with Crippen LogP contribution < -0.4 is 14.2 Å². The SMILES string of the molecule is COc1cc(C2/C(=C(\O)c3ccc(OCc4cccc(C)c4)cc3)C(=O)C(=O)N2Cc2ccco2)ccc1OCc1ccccc1. The number of furan rings is 1. The Labute approximate surface area is 267 Å². The fraction of sp³-hybridized carbons (Fsp3) is 0.158. The first-order valence-electron chi connectivity index (χ1n) is 14.9. The molecule has 1 aliphatic heterocycles. The number of hydrogen-bond donors (Lipinski definition) is 1. The number of aliphatic hydroxyl groups excluding tert-OH is 1. The second kappa shape index (κ2) is 13.5. The lowest BCUT2D eigenvalue weighted by Gasteiger charge is -2.25. The molecule has 1 aromatic heterocycles. The van der Waals surface area contributed by atoms with E-state index in [4.69, 9.17) is 18.6 Å². The van der Waals surface area contributed by atoms with E-state index in [-0.39, 0.29) is 17.9 Å². The van der Waals surface area contributed by atoms with Gasteiger partial charge in [-0.2, -0.15) is 0 Å². The maximum absolute atomic E-state index is 13.6. The molecule has 1 unspecified atom stereocenters. The minimum atomic E-state index is -0.917. The van der Waals surface area contributed by atoms with E-state index in [9.17, 15) is 14.7 Å². The third kappa shape index (κ3) is 6.51. The summed E-state index contributed by atoms with van der Waals surface area (Å²) >= 11 is 0. The normalized spacial score (nSPS) is 15.6. The van der Waals surface area contributed by atoms with E-state index in [1.54, 1.807) is 54.6 Å². The molecule has 5 aromatic rings. The average Bonchev–Trinajstić information content (AvgIpc) is 3.69. The molecule has 6 rings (SSSR count). The van der Waals surface area contributed by atoms with E-state index in [1.165, 1.54) is 18.3 Å². The van der Waals surface area contributed by atoms with Crippen LogP contribution in [0.4, 0.5) is 0 Å². The fourth-order valence-corrected chi connectivity index (χ4v) is 5.50. The number of carbonyl (C=O) groups is 2. The van der Waals surface area contributed by atoms with Crippen LogP contribution in [-0.2, 0) is 29.3 Å². The van der Waals surface area contributed by atoms with Crippen molar-refractivity contribution in [1.29, 1.82) is 0 Å². The van der Waals surface area contributed by atoms with Gasteiger partial charge in [0, 0.05) is 5.56 Å². The summed E-state index contributed by atoms with van der Waals surface area (Å²) in [5, 5.41) is 11.6. The third-order valence-corrected chi connectivity index (χ3v) is 7.80. The van der Waals surface area contributed by atoms with Crippen LogP contribution in [0.3, 0.4) is 0 Å². The highest BCUT2D eigenvalue weighted by molar-refractivity contribution is 6.46. The number of aryl methyl sites for hydroxylation is 1. The molecular formula is C38H33NO7. The van der Waals surface area contributed by atoms with Gasteiger partial charge in [0.05, 0.1) is 31.5 Å². The summed E-state index contributed by atoms with van der Waals surface area (Å²) in [6, 6.07) is 32.3. The number of rotatable bonds is 11. The number of Topliss-reactive ketones (excluding diaryl/α,β-unsaturated/α-hetero) is 1. The molecule has 1 atom stereocenters. The number of methoxy groups -OCH3 is 1. The van der Waals surface area contributed by atoms with Crippen molar-refractivity contribution in [2.75, 3.05) is 7.11 Å². The van der Waals surface area contributed by atoms with Crippen LogP contribution in [0.25, 0.3) is 5.76 Å². The fourth-order valence-electron chi connectivity index (χ4n) is 5.50. The van der Waals surface area contributed by atoms with Crippen LogP contribution in [0, 0.1) is 6.92 Å². The summed E-state index contributed by atoms with van der Waals surface area (Å²) in [6.45, 7) is 2.77. The van der Waals surface area contributed by atoms with E-state index in [0.29, 0.717) is 47.3 Å². The van der Waals surface area contributed by atoms with Gasteiger partial charge in [-0.15, -0.1) is 0 Å². The van der Waals surface area contributed by atoms with Crippen LogP contribution in [0.15, 0.2) is 125 Å². The van der Waals surface area contributed by atoms with Gasteiger partial charge < -0.3 is 28.6 Å². The molecule has 0 spiro atoms. The first-order valence-corrected chi connectivity index (χ1v) is 14.9. The Morgan fingerprint density at radius 1 is 0.804 bits per heavy atom. The molecule has 0 saturated carbocycles. The van der Waals surface area contributed by atoms with Crippen LogP contribution in [0.5, 0.6) is 17.2 Å². The monoisotopic (exact) mass is 615 g/mol. The highest BCUT2D eigenvalue weighted by Crippen LogP contribution is 2.43. The van der Waals surface area contributed by atoms with Crippen LogP contribution >= 0.6 is 0 Å². The van der Waals surface area contributed by atoms with Gasteiger partial charge >= 0.3 is 0 Å². The standard InChI is InChI=1S/C38H33NO7/c1-25-8-6-11-27(20-25)24-45-30-16-13-28(14-17-30)36(40)34-35(39(38(42)37(34)41)22-31-12-7-19-44-31)29-15-18-32(33(21-29)43-2)46-23-26-9-4-3-5-10-26/h3-21,35,40H,22-24H2,1-2H3/b36-34+. The van der Waals surface area contributed by atoms with Crippen LogP contribution in [-0.4, -0.2) is 28.8 Å². The van der Waals surface area contributed by atoms with E-state index < -0.39 is 17.7 Å². The number of likely N-dealkylation sites (tertiary alicyclic amines) is 1. The predicted octanol–water partition coefficient (Wildman–Crippen LogP) is 7.38. The number of carbonyl (C=O) groups excluding carboxylic acids is 2. The highest BCUT2D eigenvalue weighted by atomic mass is 16.5. The second-order valence-electron chi connectivity index (χ2n) is 11.0. The summed E-state index contributed by atoms with van der Waals surface area (Å²) in [7, 11) is 1.52. The molecule has 1 saturated heterocycles. The number of ketones is 1. The summed E-state index contributed by atoms with van der Waals surface area (Å²) in [5.74, 6) is 0.187. The van der Waals surface area contributed by atoms with Crippen molar-refractivity contribution in [3.8, 4) is 17.2 Å². The number of hydrogen-bond acceptors (Lipinski definition) is 7. The van der Waals surface area contributed by atoms with Gasteiger partial charge in [-0.3, -0.25) is 9.59 Å². The minimum absolute atomic E-state index is 0.0271. The van der Waals surface area contributed by atoms with Crippen molar-refractivity contribution < 1.29 is 33.3 Å². The van der Waals surface area contributed by atoms with Crippen molar-refractivity contribution in [3.63, 3.8) is 0 Å². The van der Waals surface area contributed by atoms with Crippen molar-refractivity contribution in [1.82, 2.24) is 4.90 Å². The Morgan fingerprint density at radius 3 is 2.28 bits per heavy atom. The van der Waals surface area contributed by atoms with Gasteiger partial charge in [0.15, 0.2) is 11.5 Å². The largest absolute Gasteiger partial charge is 0.507 e. The van der Waals surface area contributed by atoms with E-state index in [2.05, 4.69) is 6.07 Å². The number of aliphatic hydroxyl groups is 1. The quantitative estimate of drug-likeness (QED) is 0.0941. The van der Waals surface area contributed by atoms with Gasteiger partial charge in [-0.05, 0) is 72.1 Å². The first kappa shape index (κ1) is 30.3. The zero-order valence-corrected chi connectivity index (χ0v) is 25.5. The maximum Gasteiger partial charge on any atom is 0.296 e. The molecule has 2 heterocycles. The smallest absolute Gasteiger partial charge is 0.296 e. The molecule has 0 bridgehead atoms. The van der Waals surface area contributed by atoms with Gasteiger partial charge in [0.25, 0.3) is 11.7 Å². The number of benzene rings is 4. The molecule has 0 aliphatic carbocycles. The maximum atomic E-state index is 13.6. The Hall–Kier alpha value is -5.76. The molecule has 1 fully saturated rings. The average molecular weight is 616 g/mol. The molecule has 1 N–H and O–H groups in total. The molecule has 4 aromatic carbocycles. The molecule has 1 aliphatic rings. The molecule has 8 nitrogen and oxygen atoms in total. The summed E-state index contributed by atoms with van der Waals surface area (Å²) in [4.78, 5) is 28.4.